The van der Waals surface area contributed by atoms with E-state index in [-0.39, 0.29) is 24.0 Å². The lowest BCUT2D eigenvalue weighted by Gasteiger charge is -2.24. The van der Waals surface area contributed by atoms with E-state index in [1.165, 1.54) is 11.8 Å². The van der Waals surface area contributed by atoms with Gasteiger partial charge < -0.3 is 14.4 Å². The number of rotatable bonds is 5. The van der Waals surface area contributed by atoms with E-state index < -0.39 is 0 Å². The first kappa shape index (κ1) is 16.6. The van der Waals surface area contributed by atoms with Gasteiger partial charge in [-0.3, -0.25) is 4.79 Å². The molecule has 1 unspecified atom stereocenters. The van der Waals surface area contributed by atoms with Crippen LogP contribution in [0.4, 0.5) is 0 Å². The molecule has 0 saturated heterocycles. The van der Waals surface area contributed by atoms with Gasteiger partial charge in [-0.15, -0.1) is 5.10 Å². The number of amides is 1. The molecule has 0 radical (unpaired) electrons. The molecule has 2 heterocycles. The van der Waals surface area contributed by atoms with E-state index in [1.54, 1.807) is 16.6 Å². The molecule has 1 aliphatic heterocycles. The molecular weight excluding hydrogens is 330 g/mol. The van der Waals surface area contributed by atoms with E-state index in [1.807, 2.05) is 39.0 Å². The van der Waals surface area contributed by atoms with Gasteiger partial charge in [0.2, 0.25) is 17.9 Å². The molecule has 1 amide bonds. The van der Waals surface area contributed by atoms with Gasteiger partial charge in [0, 0.05) is 19.2 Å². The molecule has 0 aliphatic carbocycles. The van der Waals surface area contributed by atoms with Crippen LogP contribution in [0.3, 0.4) is 0 Å². The van der Waals surface area contributed by atoms with Crippen LogP contribution in [-0.4, -0.2) is 56.1 Å². The van der Waals surface area contributed by atoms with Crippen molar-refractivity contribution in [2.75, 3.05) is 13.8 Å². The molecule has 3 rings (SSSR count). The summed E-state index contributed by atoms with van der Waals surface area (Å²) in [6, 6.07) is 5.62. The maximum atomic E-state index is 12.4. The van der Waals surface area contributed by atoms with Gasteiger partial charge in [-0.05, 0) is 43.3 Å². The summed E-state index contributed by atoms with van der Waals surface area (Å²) in [7, 11) is 1.80. The maximum absolute atomic E-state index is 12.4. The van der Waals surface area contributed by atoms with Crippen LogP contribution in [0.2, 0.25) is 0 Å². The number of hydrogen-bond donors (Lipinski definition) is 0. The quantitative estimate of drug-likeness (QED) is 0.760. The fraction of sp³-hybridized carbons (Fsp3) is 0.467. The first-order valence-corrected chi connectivity index (χ1v) is 8.47. The van der Waals surface area contributed by atoms with Crippen LogP contribution >= 0.6 is 11.8 Å². The molecule has 2 aromatic rings. The highest BCUT2D eigenvalue weighted by molar-refractivity contribution is 8.00. The molecule has 0 saturated carbocycles. The topological polar surface area (TPSA) is 82.4 Å². The molecule has 9 heteroatoms. The standard InChI is InChI=1S/C15H19N5O3S/c1-9(2)19(4)14(21)10(3)24-15-16-17-18-20(15)11-5-6-12-13(7-11)23-8-22-12/h5-7,9-10H,8H2,1-4H3. The maximum Gasteiger partial charge on any atom is 0.235 e. The Bertz CT molecular complexity index is 748. The molecule has 1 aliphatic rings. The molecule has 24 heavy (non-hydrogen) atoms. The summed E-state index contributed by atoms with van der Waals surface area (Å²) in [5.74, 6) is 1.39. The number of carbonyl (C=O) groups excluding carboxylic acids is 1. The highest BCUT2D eigenvalue weighted by atomic mass is 32.2. The molecule has 1 aromatic heterocycles. The molecule has 1 atom stereocenters. The number of fused-ring (bicyclic) bond motifs is 1. The first-order valence-electron chi connectivity index (χ1n) is 7.59. The van der Waals surface area contributed by atoms with E-state index in [0.717, 1.165) is 5.69 Å². The molecule has 128 valence electrons. The Hall–Kier alpha value is -2.29. The first-order chi connectivity index (χ1) is 11.5. The number of tetrazole rings is 1. The third-order valence-electron chi connectivity index (χ3n) is 3.79. The zero-order valence-electron chi connectivity index (χ0n) is 14.0. The molecule has 0 fully saturated rings. The Balaban J connectivity index is 1.79. The van der Waals surface area contributed by atoms with Gasteiger partial charge >= 0.3 is 0 Å². The van der Waals surface area contributed by atoms with E-state index in [4.69, 9.17) is 9.47 Å². The van der Waals surface area contributed by atoms with Gasteiger partial charge in [-0.25, -0.2) is 0 Å². The van der Waals surface area contributed by atoms with E-state index in [2.05, 4.69) is 15.5 Å². The monoisotopic (exact) mass is 349 g/mol. The Labute approximate surface area is 144 Å². The predicted octanol–water partition coefficient (Wildman–Crippen LogP) is 1.74. The number of thioether (sulfide) groups is 1. The summed E-state index contributed by atoms with van der Waals surface area (Å²) < 4.78 is 12.3. The van der Waals surface area contributed by atoms with Gasteiger partial charge in [0.15, 0.2) is 11.5 Å². The smallest absolute Gasteiger partial charge is 0.235 e. The van der Waals surface area contributed by atoms with E-state index >= 15 is 0 Å². The van der Waals surface area contributed by atoms with Crippen molar-refractivity contribution in [2.45, 2.75) is 37.2 Å². The van der Waals surface area contributed by atoms with Crippen molar-refractivity contribution in [3.8, 4) is 17.2 Å². The summed E-state index contributed by atoms with van der Waals surface area (Å²) in [6.45, 7) is 6.02. The van der Waals surface area contributed by atoms with Gasteiger partial charge in [-0.1, -0.05) is 11.8 Å². The second kappa shape index (κ2) is 6.68. The van der Waals surface area contributed by atoms with Crippen molar-refractivity contribution >= 4 is 17.7 Å². The number of aromatic nitrogens is 4. The number of benzene rings is 1. The highest BCUT2D eigenvalue weighted by Crippen LogP contribution is 2.34. The van der Waals surface area contributed by atoms with Gasteiger partial charge in [0.25, 0.3) is 0 Å². The molecule has 0 bridgehead atoms. The van der Waals surface area contributed by atoms with Crippen LogP contribution in [0.5, 0.6) is 11.5 Å². The lowest BCUT2D eigenvalue weighted by Crippen LogP contribution is -2.38. The number of carbonyl (C=O) groups is 1. The summed E-state index contributed by atoms with van der Waals surface area (Å²) in [5, 5.41) is 12.0. The van der Waals surface area contributed by atoms with Crippen LogP contribution in [0.25, 0.3) is 5.69 Å². The molecule has 0 N–H and O–H groups in total. The minimum atomic E-state index is -0.295. The summed E-state index contributed by atoms with van der Waals surface area (Å²) in [4.78, 5) is 14.1. The summed E-state index contributed by atoms with van der Waals surface area (Å²) in [5.41, 5.74) is 0.753. The Morgan fingerprint density at radius 1 is 1.29 bits per heavy atom. The minimum Gasteiger partial charge on any atom is -0.454 e. The average Bonchev–Trinajstić information content (AvgIpc) is 3.21. The number of nitrogens with zero attached hydrogens (tertiary/aromatic N) is 5. The zero-order valence-corrected chi connectivity index (χ0v) is 14.8. The fourth-order valence-corrected chi connectivity index (χ4v) is 3.09. The normalized spacial score (nSPS) is 14.0. The Morgan fingerprint density at radius 2 is 2.04 bits per heavy atom. The van der Waals surface area contributed by atoms with Crippen molar-refractivity contribution in [3.63, 3.8) is 0 Å². The fourth-order valence-electron chi connectivity index (χ4n) is 2.18. The second-order valence-corrected chi connectivity index (χ2v) is 7.02. The number of hydrogen-bond acceptors (Lipinski definition) is 7. The molecule has 8 nitrogen and oxygen atoms in total. The van der Waals surface area contributed by atoms with Crippen LogP contribution < -0.4 is 9.47 Å². The van der Waals surface area contributed by atoms with Crippen molar-refractivity contribution in [2.24, 2.45) is 0 Å². The van der Waals surface area contributed by atoms with Crippen molar-refractivity contribution < 1.29 is 14.3 Å². The lowest BCUT2D eigenvalue weighted by atomic mass is 10.3. The van der Waals surface area contributed by atoms with Crippen molar-refractivity contribution in [1.82, 2.24) is 25.1 Å². The number of ether oxygens (including phenoxy) is 2. The Morgan fingerprint density at radius 3 is 2.79 bits per heavy atom. The van der Waals surface area contributed by atoms with Crippen LogP contribution in [0.1, 0.15) is 20.8 Å². The zero-order chi connectivity index (χ0) is 17.3. The molecule has 1 aromatic carbocycles. The van der Waals surface area contributed by atoms with Gasteiger partial charge in [0.05, 0.1) is 10.9 Å². The second-order valence-electron chi connectivity index (χ2n) is 5.71. The third kappa shape index (κ3) is 3.16. The van der Waals surface area contributed by atoms with Crippen molar-refractivity contribution in [1.29, 1.82) is 0 Å². The summed E-state index contributed by atoms with van der Waals surface area (Å²) >= 11 is 1.32. The Kier molecular flexibility index (Phi) is 4.61. The lowest BCUT2D eigenvalue weighted by molar-refractivity contribution is -0.130. The summed E-state index contributed by atoms with van der Waals surface area (Å²) in [6.07, 6.45) is 0. The average molecular weight is 349 g/mol. The van der Waals surface area contributed by atoms with Crippen molar-refractivity contribution in [3.05, 3.63) is 18.2 Å². The molecular formula is C15H19N5O3S. The largest absolute Gasteiger partial charge is 0.454 e. The van der Waals surface area contributed by atoms with E-state index in [9.17, 15) is 4.79 Å². The predicted molar refractivity (Wildman–Crippen MR) is 88.5 cm³/mol. The third-order valence-corrected chi connectivity index (χ3v) is 4.81. The molecule has 0 spiro atoms. The van der Waals surface area contributed by atoms with E-state index in [0.29, 0.717) is 16.7 Å². The van der Waals surface area contributed by atoms with Gasteiger partial charge in [0.1, 0.15) is 0 Å². The van der Waals surface area contributed by atoms with Crippen LogP contribution in [0, 0.1) is 0 Å². The van der Waals surface area contributed by atoms with Crippen LogP contribution in [-0.2, 0) is 4.79 Å². The highest BCUT2D eigenvalue weighted by Gasteiger charge is 2.24. The minimum absolute atomic E-state index is 0.0373. The van der Waals surface area contributed by atoms with Gasteiger partial charge in [-0.2, -0.15) is 4.68 Å². The SMILES string of the molecule is CC(Sc1nnnn1-c1ccc2c(c1)OCO2)C(=O)N(C)C(C)C. The van der Waals surface area contributed by atoms with Crippen LogP contribution in [0.15, 0.2) is 23.4 Å².